The molecule has 144 valence electrons. The van der Waals surface area contributed by atoms with Gasteiger partial charge in [0.05, 0.1) is 19.3 Å². The van der Waals surface area contributed by atoms with Crippen LogP contribution in [-0.2, 0) is 9.53 Å². The van der Waals surface area contributed by atoms with Gasteiger partial charge in [-0.1, -0.05) is 55.5 Å². The van der Waals surface area contributed by atoms with Crippen LogP contribution >= 0.6 is 11.8 Å². The van der Waals surface area contributed by atoms with E-state index in [1.807, 2.05) is 43.3 Å². The number of hydrogen-bond donors (Lipinski definition) is 1. The fraction of sp³-hybridized carbons (Fsp3) is 0.409. The van der Waals surface area contributed by atoms with Crippen molar-refractivity contribution in [2.75, 3.05) is 38.6 Å². The van der Waals surface area contributed by atoms with E-state index < -0.39 is 0 Å². The summed E-state index contributed by atoms with van der Waals surface area (Å²) in [6.45, 7) is 6.18. The maximum Gasteiger partial charge on any atom is 0.224 e. The molecule has 0 saturated carbocycles. The minimum atomic E-state index is -0.0499. The Morgan fingerprint density at radius 1 is 1.07 bits per heavy atom. The number of hydrogen-bond acceptors (Lipinski definition) is 4. The maximum absolute atomic E-state index is 12.8. The molecular formula is C22H28N2O2S. The van der Waals surface area contributed by atoms with Crippen LogP contribution in [0.2, 0.25) is 0 Å². The number of nitrogens with zero attached hydrogens (tertiary/aromatic N) is 1. The normalized spacial score (nSPS) is 17.2. The molecule has 1 aliphatic rings. The van der Waals surface area contributed by atoms with Gasteiger partial charge >= 0.3 is 0 Å². The van der Waals surface area contributed by atoms with Crippen molar-refractivity contribution in [1.82, 2.24) is 10.2 Å². The molecule has 3 rings (SSSR count). The number of nitrogens with one attached hydrogen (secondary N) is 1. The highest BCUT2D eigenvalue weighted by Gasteiger charge is 2.22. The van der Waals surface area contributed by atoms with Crippen molar-refractivity contribution in [3.8, 4) is 0 Å². The first kappa shape index (κ1) is 19.9. The Kier molecular flexibility index (Phi) is 7.75. The lowest BCUT2D eigenvalue weighted by atomic mass is 10.0. The van der Waals surface area contributed by atoms with Gasteiger partial charge in [-0.05, 0) is 17.7 Å². The first-order valence-electron chi connectivity index (χ1n) is 9.55. The van der Waals surface area contributed by atoms with Crippen molar-refractivity contribution >= 4 is 17.7 Å². The zero-order valence-electron chi connectivity index (χ0n) is 15.8. The lowest BCUT2D eigenvalue weighted by Gasteiger charge is -2.31. The van der Waals surface area contributed by atoms with Crippen LogP contribution in [0.15, 0.2) is 65.6 Å². The summed E-state index contributed by atoms with van der Waals surface area (Å²) < 4.78 is 5.45. The van der Waals surface area contributed by atoms with Crippen LogP contribution in [0.4, 0.5) is 0 Å². The fourth-order valence-corrected chi connectivity index (χ4v) is 4.03. The van der Waals surface area contributed by atoms with Gasteiger partial charge in [-0.25, -0.2) is 0 Å². The number of rotatable bonds is 8. The van der Waals surface area contributed by atoms with Crippen LogP contribution in [0.3, 0.4) is 0 Å². The van der Waals surface area contributed by atoms with E-state index in [4.69, 9.17) is 4.74 Å². The average Bonchev–Trinajstić information content (AvgIpc) is 2.73. The Morgan fingerprint density at radius 3 is 2.37 bits per heavy atom. The predicted molar refractivity (Wildman–Crippen MR) is 111 cm³/mol. The summed E-state index contributed by atoms with van der Waals surface area (Å²) in [6, 6.07) is 20.5. The molecule has 0 radical (unpaired) electrons. The third-order valence-corrected chi connectivity index (χ3v) is 6.03. The van der Waals surface area contributed by atoms with Crippen molar-refractivity contribution in [1.29, 1.82) is 0 Å². The monoisotopic (exact) mass is 384 g/mol. The highest BCUT2D eigenvalue weighted by molar-refractivity contribution is 7.99. The van der Waals surface area contributed by atoms with E-state index in [0.717, 1.165) is 44.2 Å². The lowest BCUT2D eigenvalue weighted by molar-refractivity contribution is -0.124. The second kappa shape index (κ2) is 10.5. The molecule has 2 unspecified atom stereocenters. The van der Waals surface area contributed by atoms with E-state index in [0.29, 0.717) is 0 Å². The quantitative estimate of drug-likeness (QED) is 0.706. The van der Waals surface area contributed by atoms with Crippen LogP contribution < -0.4 is 5.32 Å². The summed E-state index contributed by atoms with van der Waals surface area (Å²) in [4.78, 5) is 16.4. The molecule has 0 aliphatic carbocycles. The molecule has 0 aromatic heterocycles. The predicted octanol–water partition coefficient (Wildman–Crippen LogP) is 3.60. The molecular weight excluding hydrogens is 356 g/mol. The topological polar surface area (TPSA) is 41.6 Å². The Labute approximate surface area is 166 Å². The number of carbonyl (C=O) groups is 1. The second-order valence-corrected chi connectivity index (χ2v) is 8.00. The van der Waals surface area contributed by atoms with Gasteiger partial charge in [0, 0.05) is 36.2 Å². The maximum atomic E-state index is 12.8. The Bertz CT molecular complexity index is 690. The minimum Gasteiger partial charge on any atom is -0.379 e. The molecule has 4 nitrogen and oxygen atoms in total. The molecule has 1 N–H and O–H groups in total. The molecule has 1 fully saturated rings. The molecule has 1 saturated heterocycles. The third-order valence-electron chi connectivity index (χ3n) is 4.75. The van der Waals surface area contributed by atoms with E-state index in [-0.39, 0.29) is 17.9 Å². The van der Waals surface area contributed by atoms with Gasteiger partial charge in [0.1, 0.15) is 0 Å². The number of benzene rings is 2. The van der Waals surface area contributed by atoms with Crippen molar-refractivity contribution in [3.63, 3.8) is 0 Å². The summed E-state index contributed by atoms with van der Waals surface area (Å²) >= 11 is 1.73. The molecule has 1 heterocycles. The van der Waals surface area contributed by atoms with Gasteiger partial charge < -0.3 is 10.1 Å². The molecule has 5 heteroatoms. The zero-order valence-corrected chi connectivity index (χ0v) is 16.7. The number of morpholine rings is 1. The first-order chi connectivity index (χ1) is 13.2. The highest BCUT2D eigenvalue weighted by atomic mass is 32.2. The van der Waals surface area contributed by atoms with Crippen LogP contribution in [0, 0.1) is 5.92 Å². The van der Waals surface area contributed by atoms with Gasteiger partial charge in [-0.2, -0.15) is 0 Å². The van der Waals surface area contributed by atoms with Crippen molar-refractivity contribution in [2.24, 2.45) is 5.92 Å². The van der Waals surface area contributed by atoms with E-state index in [1.54, 1.807) is 11.8 Å². The number of carbonyl (C=O) groups excluding carboxylic acids is 1. The Morgan fingerprint density at radius 2 is 1.70 bits per heavy atom. The third kappa shape index (κ3) is 6.38. The highest BCUT2D eigenvalue weighted by Crippen LogP contribution is 2.21. The Balaban J connectivity index is 1.59. The summed E-state index contributed by atoms with van der Waals surface area (Å²) in [6.07, 6.45) is 0. The molecule has 1 amide bonds. The smallest absolute Gasteiger partial charge is 0.224 e. The van der Waals surface area contributed by atoms with Crippen molar-refractivity contribution in [2.45, 2.75) is 17.9 Å². The molecule has 2 aromatic carbocycles. The van der Waals surface area contributed by atoms with E-state index in [2.05, 4.69) is 34.5 Å². The van der Waals surface area contributed by atoms with Crippen molar-refractivity contribution < 1.29 is 9.53 Å². The summed E-state index contributed by atoms with van der Waals surface area (Å²) in [5.41, 5.74) is 1.15. The summed E-state index contributed by atoms with van der Waals surface area (Å²) in [5, 5.41) is 3.28. The van der Waals surface area contributed by atoms with E-state index >= 15 is 0 Å². The molecule has 27 heavy (non-hydrogen) atoms. The van der Waals surface area contributed by atoms with E-state index in [9.17, 15) is 4.79 Å². The first-order valence-corrected chi connectivity index (χ1v) is 10.5. The van der Waals surface area contributed by atoms with Crippen molar-refractivity contribution in [3.05, 3.63) is 66.2 Å². The number of amides is 1. The fourth-order valence-electron chi connectivity index (χ4n) is 3.09. The van der Waals surface area contributed by atoms with Gasteiger partial charge in [-0.3, -0.25) is 9.69 Å². The van der Waals surface area contributed by atoms with Crippen LogP contribution in [-0.4, -0.2) is 49.4 Å². The number of ether oxygens (including phenoxy) is 1. The largest absolute Gasteiger partial charge is 0.379 e. The molecule has 0 spiro atoms. The number of thioether (sulfide) groups is 1. The SMILES string of the molecule is CC(CSc1ccccc1)C(=O)NC(CN1CCOCC1)c1ccccc1. The molecule has 2 atom stereocenters. The molecule has 1 aliphatic heterocycles. The Hall–Kier alpha value is -1.82. The average molecular weight is 385 g/mol. The summed E-state index contributed by atoms with van der Waals surface area (Å²) in [7, 11) is 0. The van der Waals surface area contributed by atoms with Crippen LogP contribution in [0.5, 0.6) is 0 Å². The van der Waals surface area contributed by atoms with Gasteiger partial charge in [0.2, 0.25) is 5.91 Å². The van der Waals surface area contributed by atoms with Gasteiger partial charge in [-0.15, -0.1) is 11.8 Å². The summed E-state index contributed by atoms with van der Waals surface area (Å²) in [5.74, 6) is 0.834. The minimum absolute atomic E-state index is 0.000903. The van der Waals surface area contributed by atoms with Crippen LogP contribution in [0.1, 0.15) is 18.5 Å². The molecule has 0 bridgehead atoms. The van der Waals surface area contributed by atoms with Gasteiger partial charge in [0.15, 0.2) is 0 Å². The van der Waals surface area contributed by atoms with Crippen LogP contribution in [0.25, 0.3) is 0 Å². The molecule has 2 aromatic rings. The van der Waals surface area contributed by atoms with Gasteiger partial charge in [0.25, 0.3) is 0 Å². The second-order valence-electron chi connectivity index (χ2n) is 6.91. The zero-order chi connectivity index (χ0) is 18.9. The van der Waals surface area contributed by atoms with E-state index in [1.165, 1.54) is 4.90 Å². The lowest BCUT2D eigenvalue weighted by Crippen LogP contribution is -2.44. The standard InChI is InChI=1S/C22H28N2O2S/c1-18(17-27-20-10-6-3-7-11-20)22(25)23-21(19-8-4-2-5-9-19)16-24-12-14-26-15-13-24/h2-11,18,21H,12-17H2,1H3,(H,23,25).